The average Bonchev–Trinajstić information content (AvgIpc) is 2.43. The summed E-state index contributed by atoms with van der Waals surface area (Å²) in [6, 6.07) is 0. The Morgan fingerprint density at radius 3 is 2.62 bits per heavy atom. The summed E-state index contributed by atoms with van der Waals surface area (Å²) in [7, 11) is 0. The van der Waals surface area contributed by atoms with Crippen LogP contribution in [0.4, 0.5) is 0 Å². The van der Waals surface area contributed by atoms with Crippen molar-refractivity contribution in [1.82, 2.24) is 0 Å². The quantitative estimate of drug-likeness (QED) is 0.487. The van der Waals surface area contributed by atoms with E-state index >= 15 is 0 Å². The van der Waals surface area contributed by atoms with E-state index in [1.807, 2.05) is 0 Å². The predicted octanol–water partition coefficient (Wildman–Crippen LogP) is -0.665. The van der Waals surface area contributed by atoms with Crippen molar-refractivity contribution in [1.29, 1.82) is 0 Å². The van der Waals surface area contributed by atoms with Crippen molar-refractivity contribution < 1.29 is 14.6 Å². The first kappa shape index (κ1) is 5.72. The lowest BCUT2D eigenvalue weighted by atomic mass is 10.2. The van der Waals surface area contributed by atoms with E-state index in [0.29, 0.717) is 6.61 Å². The van der Waals surface area contributed by atoms with Crippen LogP contribution in [0.15, 0.2) is 0 Å². The molecule has 0 aromatic rings. The van der Waals surface area contributed by atoms with Gasteiger partial charge in [0.15, 0.2) is 5.78 Å². The van der Waals surface area contributed by atoms with Gasteiger partial charge in [-0.05, 0) is 6.92 Å². The second-order valence-electron chi connectivity index (χ2n) is 1.93. The first-order chi connectivity index (χ1) is 3.72. The van der Waals surface area contributed by atoms with Crippen LogP contribution in [0.1, 0.15) is 6.92 Å². The van der Waals surface area contributed by atoms with Gasteiger partial charge in [-0.2, -0.15) is 0 Å². The van der Waals surface area contributed by atoms with Crippen molar-refractivity contribution in [2.24, 2.45) is 0 Å². The smallest absolute Gasteiger partial charge is 0.160 e. The standard InChI is InChI=1S/C5H8O3/c1-3(6)5(7)4-2-8-4/h4-5,7H,2H2,1H3. The van der Waals surface area contributed by atoms with E-state index in [1.54, 1.807) is 0 Å². The Hall–Kier alpha value is -0.410. The highest BCUT2D eigenvalue weighted by Gasteiger charge is 2.33. The van der Waals surface area contributed by atoms with E-state index in [-0.39, 0.29) is 11.9 Å². The number of rotatable bonds is 2. The molecule has 0 radical (unpaired) electrons. The molecule has 1 aliphatic rings. The van der Waals surface area contributed by atoms with Crippen LogP contribution in [0.3, 0.4) is 0 Å². The second-order valence-corrected chi connectivity index (χ2v) is 1.93. The summed E-state index contributed by atoms with van der Waals surface area (Å²) in [6.07, 6.45) is -1.08. The van der Waals surface area contributed by atoms with Gasteiger partial charge in [-0.3, -0.25) is 4.79 Å². The van der Waals surface area contributed by atoms with Crippen molar-refractivity contribution in [2.45, 2.75) is 19.1 Å². The van der Waals surface area contributed by atoms with Crippen LogP contribution >= 0.6 is 0 Å². The van der Waals surface area contributed by atoms with Gasteiger partial charge in [-0.1, -0.05) is 0 Å². The molecule has 0 spiro atoms. The fourth-order valence-corrected chi connectivity index (χ4v) is 0.500. The summed E-state index contributed by atoms with van der Waals surface area (Å²) >= 11 is 0. The van der Waals surface area contributed by atoms with Gasteiger partial charge in [0.2, 0.25) is 0 Å². The largest absolute Gasteiger partial charge is 0.382 e. The molecule has 46 valence electrons. The van der Waals surface area contributed by atoms with Gasteiger partial charge in [-0.25, -0.2) is 0 Å². The number of aliphatic hydroxyl groups excluding tert-OH is 1. The molecule has 8 heavy (non-hydrogen) atoms. The topological polar surface area (TPSA) is 49.8 Å². The average molecular weight is 116 g/mol. The third-order valence-electron chi connectivity index (χ3n) is 1.13. The first-order valence-electron chi connectivity index (χ1n) is 2.52. The number of carbonyl (C=O) groups excluding carboxylic acids is 1. The van der Waals surface area contributed by atoms with Crippen LogP contribution in [0.2, 0.25) is 0 Å². The number of aliphatic hydroxyl groups is 1. The third-order valence-corrected chi connectivity index (χ3v) is 1.13. The molecule has 2 atom stereocenters. The number of Topliss-reactive ketones (excluding diaryl/α,β-unsaturated/α-hetero) is 1. The minimum absolute atomic E-state index is 0.201. The molecule has 3 heteroatoms. The lowest BCUT2D eigenvalue weighted by Gasteiger charge is -1.97. The molecule has 0 saturated carbocycles. The predicted molar refractivity (Wildman–Crippen MR) is 26.4 cm³/mol. The van der Waals surface area contributed by atoms with Crippen LogP contribution in [0, 0.1) is 0 Å². The second kappa shape index (κ2) is 1.84. The molecule has 0 amide bonds. The molecule has 1 heterocycles. The molecule has 0 bridgehead atoms. The van der Waals surface area contributed by atoms with Crippen molar-refractivity contribution in [3.63, 3.8) is 0 Å². The van der Waals surface area contributed by atoms with Crippen molar-refractivity contribution >= 4 is 5.78 Å². The summed E-state index contributed by atoms with van der Waals surface area (Å²) in [5, 5.41) is 8.79. The normalized spacial score (nSPS) is 29.5. The maximum Gasteiger partial charge on any atom is 0.160 e. The van der Waals surface area contributed by atoms with Gasteiger partial charge in [-0.15, -0.1) is 0 Å². The molecule has 2 unspecified atom stereocenters. The summed E-state index contributed by atoms with van der Waals surface area (Å²) in [5.74, 6) is -0.215. The molecule has 0 aromatic heterocycles. The van der Waals surface area contributed by atoms with Gasteiger partial charge in [0, 0.05) is 0 Å². The Kier molecular flexibility index (Phi) is 1.31. The summed E-state index contributed by atoms with van der Waals surface area (Å²) in [6.45, 7) is 1.88. The monoisotopic (exact) mass is 116 g/mol. The third kappa shape index (κ3) is 1.05. The fourth-order valence-electron chi connectivity index (χ4n) is 0.500. The van der Waals surface area contributed by atoms with Crippen LogP contribution < -0.4 is 0 Å². The van der Waals surface area contributed by atoms with E-state index < -0.39 is 6.10 Å². The number of ether oxygens (including phenoxy) is 1. The van der Waals surface area contributed by atoms with E-state index in [4.69, 9.17) is 5.11 Å². The lowest BCUT2D eigenvalue weighted by molar-refractivity contribution is -0.125. The summed E-state index contributed by atoms with van der Waals surface area (Å²) < 4.78 is 4.66. The number of ketones is 1. The maximum absolute atomic E-state index is 10.3. The van der Waals surface area contributed by atoms with Crippen LogP contribution in [0.5, 0.6) is 0 Å². The molecular formula is C5H8O3. The molecule has 1 saturated heterocycles. The molecule has 1 N–H and O–H groups in total. The van der Waals surface area contributed by atoms with Crippen molar-refractivity contribution in [2.75, 3.05) is 6.61 Å². The van der Waals surface area contributed by atoms with Crippen molar-refractivity contribution in [3.8, 4) is 0 Å². The van der Waals surface area contributed by atoms with Crippen LogP contribution in [0.25, 0.3) is 0 Å². The molecule has 0 aromatic carbocycles. The zero-order chi connectivity index (χ0) is 6.15. The summed E-state index contributed by atoms with van der Waals surface area (Å²) in [4.78, 5) is 10.3. The van der Waals surface area contributed by atoms with E-state index in [2.05, 4.69) is 4.74 Å². The Morgan fingerprint density at radius 2 is 2.50 bits per heavy atom. The van der Waals surface area contributed by atoms with E-state index in [0.717, 1.165) is 0 Å². The Morgan fingerprint density at radius 1 is 2.00 bits per heavy atom. The molecule has 1 fully saturated rings. The minimum atomic E-state index is -0.880. The van der Waals surface area contributed by atoms with Crippen molar-refractivity contribution in [3.05, 3.63) is 0 Å². The fraction of sp³-hybridized carbons (Fsp3) is 0.800. The van der Waals surface area contributed by atoms with Gasteiger partial charge >= 0.3 is 0 Å². The molecule has 0 aliphatic carbocycles. The number of epoxide rings is 1. The highest BCUT2D eigenvalue weighted by atomic mass is 16.6. The van der Waals surface area contributed by atoms with E-state index in [9.17, 15) is 4.79 Å². The molecule has 1 rings (SSSR count). The number of carbonyl (C=O) groups is 1. The summed E-state index contributed by atoms with van der Waals surface area (Å²) in [5.41, 5.74) is 0. The first-order valence-corrected chi connectivity index (χ1v) is 2.52. The molecule has 3 nitrogen and oxygen atoms in total. The van der Waals surface area contributed by atoms with Crippen LogP contribution in [-0.2, 0) is 9.53 Å². The minimum Gasteiger partial charge on any atom is -0.382 e. The van der Waals surface area contributed by atoms with Crippen LogP contribution in [-0.4, -0.2) is 29.7 Å². The Bertz CT molecular complexity index is 106. The zero-order valence-corrected chi connectivity index (χ0v) is 4.63. The van der Waals surface area contributed by atoms with Gasteiger partial charge in [0.25, 0.3) is 0 Å². The highest BCUT2D eigenvalue weighted by molar-refractivity contribution is 5.81. The van der Waals surface area contributed by atoms with Gasteiger partial charge in [0.1, 0.15) is 12.2 Å². The molecular weight excluding hydrogens is 108 g/mol. The van der Waals surface area contributed by atoms with E-state index in [1.165, 1.54) is 6.92 Å². The zero-order valence-electron chi connectivity index (χ0n) is 4.63. The Labute approximate surface area is 47.3 Å². The lowest BCUT2D eigenvalue weighted by Crippen LogP contribution is -2.23. The SMILES string of the molecule is CC(=O)C(O)C1CO1. The van der Waals surface area contributed by atoms with Gasteiger partial charge < -0.3 is 9.84 Å². The van der Waals surface area contributed by atoms with Gasteiger partial charge in [0.05, 0.1) is 6.61 Å². The maximum atomic E-state index is 10.3. The highest BCUT2D eigenvalue weighted by Crippen LogP contribution is 2.13. The number of hydrogen-bond acceptors (Lipinski definition) is 3. The molecule has 1 aliphatic heterocycles. The number of hydrogen-bond donors (Lipinski definition) is 1. The Balaban J connectivity index is 2.32.